The van der Waals surface area contributed by atoms with Crippen LogP contribution in [0.25, 0.3) is 28.5 Å². The number of rotatable bonds is 3. The second-order valence-electron chi connectivity index (χ2n) is 9.13. The maximum absolute atomic E-state index is 6.61. The van der Waals surface area contributed by atoms with Gasteiger partial charge in [0.05, 0.1) is 5.69 Å². The normalized spacial score (nSPS) is 16.2. The highest BCUT2D eigenvalue weighted by molar-refractivity contribution is 5.72. The minimum atomic E-state index is -0.248. The van der Waals surface area contributed by atoms with E-state index in [1.807, 2.05) is 31.2 Å². The molecule has 0 saturated carbocycles. The van der Waals surface area contributed by atoms with E-state index < -0.39 is 0 Å². The van der Waals surface area contributed by atoms with Crippen molar-refractivity contribution in [3.05, 3.63) is 102 Å². The lowest BCUT2D eigenvalue weighted by atomic mass is 9.87. The van der Waals surface area contributed by atoms with Crippen molar-refractivity contribution in [3.8, 4) is 28.1 Å². The van der Waals surface area contributed by atoms with Crippen LogP contribution in [0.3, 0.4) is 0 Å². The molecule has 1 saturated heterocycles. The minimum Gasteiger partial charge on any atom is -0.482 e. The van der Waals surface area contributed by atoms with Gasteiger partial charge in [0.25, 0.3) is 0 Å². The predicted molar refractivity (Wildman–Crippen MR) is 138 cm³/mol. The first-order chi connectivity index (χ1) is 16.7. The molecule has 6 rings (SSSR count). The number of benzene rings is 3. The lowest BCUT2D eigenvalue weighted by Crippen LogP contribution is -2.48. The maximum Gasteiger partial charge on any atom is 0.132 e. The van der Waals surface area contributed by atoms with Gasteiger partial charge in [0.15, 0.2) is 0 Å². The van der Waals surface area contributed by atoms with Crippen molar-refractivity contribution in [3.63, 3.8) is 0 Å². The van der Waals surface area contributed by atoms with Crippen molar-refractivity contribution in [2.24, 2.45) is 0 Å². The molecule has 1 fully saturated rings. The van der Waals surface area contributed by atoms with Gasteiger partial charge in [0, 0.05) is 43.1 Å². The Labute approximate surface area is 200 Å². The second-order valence-corrected chi connectivity index (χ2v) is 9.13. The van der Waals surface area contributed by atoms with E-state index in [4.69, 9.17) is 9.72 Å². The molecule has 2 aliphatic heterocycles. The van der Waals surface area contributed by atoms with E-state index in [1.165, 1.54) is 11.1 Å². The van der Waals surface area contributed by atoms with Gasteiger partial charge < -0.3 is 9.64 Å². The Morgan fingerprint density at radius 2 is 1.47 bits per heavy atom. The van der Waals surface area contributed by atoms with Gasteiger partial charge in [-0.05, 0) is 36.3 Å². The minimum absolute atomic E-state index is 0.248. The van der Waals surface area contributed by atoms with Gasteiger partial charge in [-0.25, -0.2) is 9.97 Å². The number of aromatic nitrogens is 2. The standard InChI is InChI=1S/C30H27N3O/c1-22-31-27(24-10-6-3-7-11-24)21-29(32-22)33-18-16-30(17-19-33)15-14-26-20-25(12-13-28(26)34-30)23-8-4-2-5-9-23/h2-15,20-21H,16-19H2,1H3. The summed E-state index contributed by atoms with van der Waals surface area (Å²) in [6, 6.07) is 29.4. The molecule has 0 radical (unpaired) electrons. The van der Waals surface area contributed by atoms with Crippen LogP contribution < -0.4 is 9.64 Å². The number of fused-ring (bicyclic) bond motifs is 1. The topological polar surface area (TPSA) is 38.2 Å². The lowest BCUT2D eigenvalue weighted by molar-refractivity contribution is 0.0891. The second kappa shape index (κ2) is 8.45. The molecule has 0 N–H and O–H groups in total. The summed E-state index contributed by atoms with van der Waals surface area (Å²) in [6.07, 6.45) is 6.35. The first-order valence-corrected chi connectivity index (χ1v) is 11.9. The summed E-state index contributed by atoms with van der Waals surface area (Å²) in [5.41, 5.74) is 5.43. The van der Waals surface area contributed by atoms with Crippen LogP contribution in [0.2, 0.25) is 0 Å². The summed E-state index contributed by atoms with van der Waals surface area (Å²) >= 11 is 0. The summed E-state index contributed by atoms with van der Waals surface area (Å²) in [6.45, 7) is 3.76. The average Bonchev–Trinajstić information content (AvgIpc) is 2.89. The molecule has 1 spiro atoms. The van der Waals surface area contributed by atoms with Gasteiger partial charge >= 0.3 is 0 Å². The van der Waals surface area contributed by atoms with Crippen LogP contribution >= 0.6 is 0 Å². The molecule has 4 nitrogen and oxygen atoms in total. The van der Waals surface area contributed by atoms with Crippen LogP contribution in [0.15, 0.2) is 91.0 Å². The van der Waals surface area contributed by atoms with Crippen molar-refractivity contribution in [2.75, 3.05) is 18.0 Å². The van der Waals surface area contributed by atoms with E-state index in [9.17, 15) is 0 Å². The van der Waals surface area contributed by atoms with Crippen LogP contribution in [0, 0.1) is 6.92 Å². The number of hydrogen-bond donors (Lipinski definition) is 0. The molecule has 2 aliphatic rings. The number of piperidine rings is 1. The fourth-order valence-corrected chi connectivity index (χ4v) is 4.93. The monoisotopic (exact) mass is 445 g/mol. The van der Waals surface area contributed by atoms with Gasteiger partial charge in [-0.3, -0.25) is 0 Å². The average molecular weight is 446 g/mol. The fraction of sp³-hybridized carbons (Fsp3) is 0.200. The van der Waals surface area contributed by atoms with Crippen LogP contribution in [0.5, 0.6) is 5.75 Å². The highest BCUT2D eigenvalue weighted by Crippen LogP contribution is 2.39. The number of aryl methyl sites for hydroxylation is 1. The molecule has 0 bridgehead atoms. The van der Waals surface area contributed by atoms with Crippen molar-refractivity contribution >= 4 is 11.9 Å². The van der Waals surface area contributed by atoms with Crippen LogP contribution in [0.4, 0.5) is 5.82 Å². The third-order valence-corrected chi connectivity index (χ3v) is 6.82. The Kier molecular flexibility index (Phi) is 5.14. The Balaban J connectivity index is 1.19. The predicted octanol–water partition coefficient (Wildman–Crippen LogP) is 6.56. The van der Waals surface area contributed by atoms with E-state index in [0.29, 0.717) is 0 Å². The molecule has 34 heavy (non-hydrogen) atoms. The number of nitrogens with zero attached hydrogens (tertiary/aromatic N) is 3. The van der Waals surface area contributed by atoms with Crippen molar-refractivity contribution < 1.29 is 4.74 Å². The van der Waals surface area contributed by atoms with Crippen molar-refractivity contribution in [1.29, 1.82) is 0 Å². The molecular weight excluding hydrogens is 418 g/mol. The molecule has 3 aromatic carbocycles. The van der Waals surface area contributed by atoms with E-state index in [1.54, 1.807) is 0 Å². The van der Waals surface area contributed by atoms with Gasteiger partial charge in [-0.15, -0.1) is 0 Å². The Morgan fingerprint density at radius 1 is 0.765 bits per heavy atom. The summed E-state index contributed by atoms with van der Waals surface area (Å²) in [5, 5.41) is 0. The van der Waals surface area contributed by atoms with E-state index in [2.05, 4.69) is 82.7 Å². The first kappa shape index (κ1) is 20.7. The smallest absolute Gasteiger partial charge is 0.132 e. The summed E-state index contributed by atoms with van der Waals surface area (Å²) < 4.78 is 6.61. The van der Waals surface area contributed by atoms with Crippen LogP contribution in [-0.4, -0.2) is 28.7 Å². The highest BCUT2D eigenvalue weighted by atomic mass is 16.5. The molecule has 4 aromatic rings. The third kappa shape index (κ3) is 3.96. The molecule has 4 heteroatoms. The summed E-state index contributed by atoms with van der Waals surface area (Å²) in [4.78, 5) is 11.8. The zero-order valence-corrected chi connectivity index (χ0v) is 19.3. The molecule has 0 amide bonds. The van der Waals surface area contributed by atoms with Gasteiger partial charge in [0.2, 0.25) is 0 Å². The number of hydrogen-bond acceptors (Lipinski definition) is 4. The Hall–Kier alpha value is -3.92. The van der Waals surface area contributed by atoms with Crippen molar-refractivity contribution in [2.45, 2.75) is 25.4 Å². The molecular formula is C30H27N3O. The van der Waals surface area contributed by atoms with Crippen LogP contribution in [-0.2, 0) is 0 Å². The summed E-state index contributed by atoms with van der Waals surface area (Å²) in [5.74, 6) is 2.77. The molecule has 0 atom stereocenters. The van der Waals surface area contributed by atoms with Crippen LogP contribution in [0.1, 0.15) is 24.2 Å². The first-order valence-electron chi connectivity index (χ1n) is 11.9. The Morgan fingerprint density at radius 3 is 2.21 bits per heavy atom. The molecule has 0 aliphatic carbocycles. The third-order valence-electron chi connectivity index (χ3n) is 6.82. The van der Waals surface area contributed by atoms with E-state index >= 15 is 0 Å². The van der Waals surface area contributed by atoms with E-state index in [0.717, 1.165) is 60.1 Å². The maximum atomic E-state index is 6.61. The van der Waals surface area contributed by atoms with Gasteiger partial charge in [-0.1, -0.05) is 72.8 Å². The lowest BCUT2D eigenvalue weighted by Gasteiger charge is -2.42. The number of anilines is 1. The zero-order chi connectivity index (χ0) is 23.0. The SMILES string of the molecule is Cc1nc(-c2ccccc2)cc(N2CCC3(C=Cc4cc(-c5ccccc5)ccc4O3)CC2)n1. The van der Waals surface area contributed by atoms with Gasteiger partial charge in [-0.2, -0.15) is 0 Å². The molecule has 3 heterocycles. The molecule has 168 valence electrons. The molecule has 0 unspecified atom stereocenters. The highest BCUT2D eigenvalue weighted by Gasteiger charge is 2.37. The fourth-order valence-electron chi connectivity index (χ4n) is 4.93. The largest absolute Gasteiger partial charge is 0.482 e. The van der Waals surface area contributed by atoms with E-state index in [-0.39, 0.29) is 5.60 Å². The number of ether oxygens (including phenoxy) is 1. The Bertz CT molecular complexity index is 1340. The van der Waals surface area contributed by atoms with Crippen molar-refractivity contribution in [1.82, 2.24) is 9.97 Å². The van der Waals surface area contributed by atoms with Gasteiger partial charge in [0.1, 0.15) is 23.0 Å². The zero-order valence-electron chi connectivity index (χ0n) is 19.3. The molecule has 1 aromatic heterocycles. The summed E-state index contributed by atoms with van der Waals surface area (Å²) in [7, 11) is 0. The quantitative estimate of drug-likeness (QED) is 0.358.